The van der Waals surface area contributed by atoms with Gasteiger partial charge in [-0.25, -0.2) is 0 Å². The van der Waals surface area contributed by atoms with Crippen molar-refractivity contribution >= 4 is 5.91 Å². The van der Waals surface area contributed by atoms with Crippen molar-refractivity contribution in [3.05, 3.63) is 29.8 Å². The fraction of sp³-hybridized carbons (Fsp3) is 0.588. The highest BCUT2D eigenvalue weighted by molar-refractivity contribution is 5.79. The second-order valence-corrected chi connectivity index (χ2v) is 5.96. The summed E-state index contributed by atoms with van der Waals surface area (Å²) in [6.45, 7) is 2.77. The average Bonchev–Trinajstić information content (AvgIpc) is 2.98. The van der Waals surface area contributed by atoms with Crippen LogP contribution in [0.4, 0.5) is 0 Å². The van der Waals surface area contributed by atoms with E-state index in [1.165, 1.54) is 18.4 Å². The van der Waals surface area contributed by atoms with Gasteiger partial charge in [0.05, 0.1) is 13.2 Å². The molecule has 1 fully saturated rings. The molecule has 0 aliphatic heterocycles. The van der Waals surface area contributed by atoms with Crippen molar-refractivity contribution in [2.75, 3.05) is 13.7 Å². The van der Waals surface area contributed by atoms with Crippen LogP contribution in [0.2, 0.25) is 0 Å². The Labute approximate surface area is 127 Å². The van der Waals surface area contributed by atoms with Crippen LogP contribution in [-0.4, -0.2) is 25.6 Å². The van der Waals surface area contributed by atoms with Crippen molar-refractivity contribution in [2.45, 2.75) is 50.5 Å². The molecule has 116 valence electrons. The smallest absolute Gasteiger partial charge is 0.234 e. The first-order chi connectivity index (χ1) is 10.1. The number of methoxy groups -OCH3 is 1. The molecule has 1 aromatic rings. The minimum absolute atomic E-state index is 0.0947. The van der Waals surface area contributed by atoms with Crippen LogP contribution in [0.3, 0.4) is 0 Å². The van der Waals surface area contributed by atoms with E-state index in [9.17, 15) is 4.79 Å². The second-order valence-electron chi connectivity index (χ2n) is 5.96. The molecule has 4 heteroatoms. The van der Waals surface area contributed by atoms with Crippen molar-refractivity contribution in [1.29, 1.82) is 0 Å². The molecule has 0 spiro atoms. The molecule has 0 saturated heterocycles. The van der Waals surface area contributed by atoms with Gasteiger partial charge in [0, 0.05) is 12.0 Å². The van der Waals surface area contributed by atoms with E-state index in [0.717, 1.165) is 31.6 Å². The van der Waals surface area contributed by atoms with Crippen molar-refractivity contribution < 1.29 is 9.53 Å². The minimum atomic E-state index is -0.267. The fourth-order valence-electron chi connectivity index (χ4n) is 3.34. The summed E-state index contributed by atoms with van der Waals surface area (Å²) in [5, 5.41) is 3.37. The number of primary amides is 1. The van der Waals surface area contributed by atoms with E-state index < -0.39 is 0 Å². The van der Waals surface area contributed by atoms with Gasteiger partial charge in [0.25, 0.3) is 0 Å². The SMILES string of the molecule is CC[C@H](NCC1(c2cccc(OC)c2)CCCC1)C(N)=O. The zero-order valence-electron chi connectivity index (χ0n) is 13.0. The second kappa shape index (κ2) is 6.94. The van der Waals surface area contributed by atoms with Gasteiger partial charge in [-0.2, -0.15) is 0 Å². The lowest BCUT2D eigenvalue weighted by atomic mass is 9.78. The van der Waals surface area contributed by atoms with Gasteiger partial charge in [0.2, 0.25) is 5.91 Å². The van der Waals surface area contributed by atoms with E-state index in [4.69, 9.17) is 10.5 Å². The Morgan fingerprint density at radius 2 is 2.14 bits per heavy atom. The largest absolute Gasteiger partial charge is 0.497 e. The molecule has 1 amide bonds. The molecule has 2 rings (SSSR count). The van der Waals surface area contributed by atoms with Gasteiger partial charge in [-0.1, -0.05) is 31.9 Å². The molecule has 0 radical (unpaired) electrons. The lowest BCUT2D eigenvalue weighted by Crippen LogP contribution is -2.46. The third-order valence-electron chi connectivity index (χ3n) is 4.68. The third kappa shape index (κ3) is 3.56. The number of nitrogens with two attached hydrogens (primary N) is 1. The van der Waals surface area contributed by atoms with Crippen LogP contribution in [0, 0.1) is 0 Å². The number of hydrogen-bond acceptors (Lipinski definition) is 3. The molecule has 0 heterocycles. The average molecular weight is 290 g/mol. The number of amides is 1. The maximum absolute atomic E-state index is 11.4. The van der Waals surface area contributed by atoms with E-state index in [0.29, 0.717) is 0 Å². The van der Waals surface area contributed by atoms with Crippen molar-refractivity contribution in [3.8, 4) is 5.75 Å². The van der Waals surface area contributed by atoms with Crippen molar-refractivity contribution in [3.63, 3.8) is 0 Å². The molecule has 1 aromatic carbocycles. The molecule has 1 aliphatic rings. The van der Waals surface area contributed by atoms with Gasteiger partial charge in [-0.15, -0.1) is 0 Å². The maximum Gasteiger partial charge on any atom is 0.234 e. The summed E-state index contributed by atoms with van der Waals surface area (Å²) < 4.78 is 5.35. The van der Waals surface area contributed by atoms with Crippen LogP contribution in [-0.2, 0) is 10.2 Å². The predicted molar refractivity (Wildman–Crippen MR) is 84.4 cm³/mol. The van der Waals surface area contributed by atoms with E-state index >= 15 is 0 Å². The zero-order valence-corrected chi connectivity index (χ0v) is 13.0. The monoisotopic (exact) mass is 290 g/mol. The van der Waals surface area contributed by atoms with Gasteiger partial charge < -0.3 is 15.8 Å². The summed E-state index contributed by atoms with van der Waals surface area (Å²) in [5.41, 5.74) is 6.83. The highest BCUT2D eigenvalue weighted by atomic mass is 16.5. The number of hydrogen-bond donors (Lipinski definition) is 2. The van der Waals surface area contributed by atoms with Crippen LogP contribution >= 0.6 is 0 Å². The molecular weight excluding hydrogens is 264 g/mol. The number of carbonyl (C=O) groups is 1. The van der Waals surface area contributed by atoms with Gasteiger partial charge in [-0.05, 0) is 37.0 Å². The summed E-state index contributed by atoms with van der Waals surface area (Å²) in [6.07, 6.45) is 5.47. The molecule has 4 nitrogen and oxygen atoms in total. The van der Waals surface area contributed by atoms with Crippen molar-refractivity contribution in [2.24, 2.45) is 5.73 Å². The quantitative estimate of drug-likeness (QED) is 0.810. The standard InChI is InChI=1S/C17H26N2O2/c1-3-15(16(18)20)19-12-17(9-4-5-10-17)13-7-6-8-14(11-13)21-2/h6-8,11,15,19H,3-5,9-10,12H2,1-2H3,(H2,18,20)/t15-/m0/s1. The molecular formula is C17H26N2O2. The van der Waals surface area contributed by atoms with Crippen LogP contribution in [0.15, 0.2) is 24.3 Å². The Morgan fingerprint density at radius 1 is 1.43 bits per heavy atom. The van der Waals surface area contributed by atoms with Crippen LogP contribution in [0.1, 0.15) is 44.6 Å². The maximum atomic E-state index is 11.4. The Morgan fingerprint density at radius 3 is 2.71 bits per heavy atom. The Kier molecular flexibility index (Phi) is 5.23. The molecule has 0 bridgehead atoms. The number of carbonyl (C=O) groups excluding carboxylic acids is 1. The predicted octanol–water partition coefficient (Wildman–Crippen LogP) is 2.36. The summed E-state index contributed by atoms with van der Waals surface area (Å²) in [4.78, 5) is 11.4. The van der Waals surface area contributed by atoms with Gasteiger partial charge in [0.1, 0.15) is 5.75 Å². The van der Waals surface area contributed by atoms with E-state index in [-0.39, 0.29) is 17.4 Å². The molecule has 3 N–H and O–H groups in total. The zero-order chi connectivity index (χ0) is 15.3. The minimum Gasteiger partial charge on any atom is -0.497 e. The molecule has 1 aliphatic carbocycles. The summed E-state index contributed by atoms with van der Waals surface area (Å²) in [6, 6.07) is 8.06. The molecule has 0 aromatic heterocycles. The summed E-state index contributed by atoms with van der Waals surface area (Å²) in [5.74, 6) is 0.622. The van der Waals surface area contributed by atoms with Crippen molar-refractivity contribution in [1.82, 2.24) is 5.32 Å². The highest BCUT2D eigenvalue weighted by Gasteiger charge is 2.36. The molecule has 1 atom stereocenters. The number of benzene rings is 1. The lowest BCUT2D eigenvalue weighted by Gasteiger charge is -2.32. The number of rotatable bonds is 7. The Bertz CT molecular complexity index is 481. The first kappa shape index (κ1) is 15.8. The molecule has 21 heavy (non-hydrogen) atoms. The van der Waals surface area contributed by atoms with Crippen LogP contribution in [0.25, 0.3) is 0 Å². The Balaban J connectivity index is 2.18. The first-order valence-corrected chi connectivity index (χ1v) is 7.78. The molecule has 1 saturated carbocycles. The number of nitrogens with one attached hydrogen (secondary N) is 1. The van der Waals surface area contributed by atoms with Gasteiger partial charge in [-0.3, -0.25) is 4.79 Å². The summed E-state index contributed by atoms with van der Waals surface area (Å²) in [7, 11) is 1.69. The van der Waals surface area contributed by atoms with E-state index in [2.05, 4.69) is 17.4 Å². The summed E-state index contributed by atoms with van der Waals surface area (Å²) >= 11 is 0. The van der Waals surface area contributed by atoms with Crippen LogP contribution in [0.5, 0.6) is 5.75 Å². The van der Waals surface area contributed by atoms with E-state index in [1.807, 2.05) is 19.1 Å². The third-order valence-corrected chi connectivity index (χ3v) is 4.68. The van der Waals surface area contributed by atoms with E-state index in [1.54, 1.807) is 7.11 Å². The van der Waals surface area contributed by atoms with Gasteiger partial charge in [0.15, 0.2) is 0 Å². The normalized spacial score (nSPS) is 18.4. The topological polar surface area (TPSA) is 64.3 Å². The molecule has 0 unspecified atom stereocenters. The van der Waals surface area contributed by atoms with Crippen LogP contribution < -0.4 is 15.8 Å². The fourth-order valence-corrected chi connectivity index (χ4v) is 3.34. The van der Waals surface area contributed by atoms with Gasteiger partial charge >= 0.3 is 0 Å². The Hall–Kier alpha value is -1.55. The lowest BCUT2D eigenvalue weighted by molar-refractivity contribution is -0.120. The first-order valence-electron chi connectivity index (χ1n) is 7.78. The highest BCUT2D eigenvalue weighted by Crippen LogP contribution is 2.41. The number of ether oxygens (including phenoxy) is 1.